The van der Waals surface area contributed by atoms with Crippen molar-refractivity contribution in [2.45, 2.75) is 6.42 Å². The van der Waals surface area contributed by atoms with Gasteiger partial charge in [-0.25, -0.2) is 0 Å². The average Bonchev–Trinajstić information content (AvgIpc) is 2.19. The molecule has 1 amide bonds. The van der Waals surface area contributed by atoms with E-state index in [1.807, 2.05) is 12.1 Å². The Morgan fingerprint density at radius 1 is 1.50 bits per heavy atom. The monoisotopic (exact) mass is 186 g/mol. The summed E-state index contributed by atoms with van der Waals surface area (Å²) >= 11 is 0. The molecule has 0 aliphatic heterocycles. The molecule has 3 nitrogen and oxygen atoms in total. The van der Waals surface area contributed by atoms with Crippen LogP contribution in [0.3, 0.4) is 0 Å². The lowest BCUT2D eigenvalue weighted by molar-refractivity contribution is -0.115. The number of amides is 1. The lowest BCUT2D eigenvalue weighted by atomic mass is 10.2. The number of hydrogen-bond acceptors (Lipinski definition) is 2. The van der Waals surface area contributed by atoms with Crippen molar-refractivity contribution in [3.05, 3.63) is 36.4 Å². The number of carbonyl (C=O) groups excluding carboxylic acids is 1. The highest BCUT2D eigenvalue weighted by molar-refractivity contribution is 5.92. The molecule has 3 heteroatoms. The molecule has 70 valence electrons. The van der Waals surface area contributed by atoms with Crippen LogP contribution >= 0.6 is 0 Å². The van der Waals surface area contributed by atoms with E-state index in [2.05, 4.69) is 11.9 Å². The Balaban J connectivity index is 2.65. The molecule has 1 aromatic carbocycles. The molecule has 0 aromatic heterocycles. The smallest absolute Gasteiger partial charge is 0.238 e. The maximum atomic E-state index is 11.0. The van der Waals surface area contributed by atoms with E-state index in [0.29, 0.717) is 5.69 Å². The molecule has 1 aromatic rings. The van der Waals surface area contributed by atoms with Crippen molar-refractivity contribution in [3.8, 4) is 6.07 Å². The number of carbonyl (C=O) groups is 1. The standard InChI is InChI=1S/C11H10N2O/c1-2-9-3-5-10(6-4-9)13-11(14)7-8-12/h2-6H,1,7H2,(H,13,14). The fraction of sp³-hybridized carbons (Fsp3) is 0.0909. The number of anilines is 1. The van der Waals surface area contributed by atoms with Crippen LogP contribution in [0, 0.1) is 11.3 Å². The summed E-state index contributed by atoms with van der Waals surface area (Å²) in [6.45, 7) is 3.62. The first kappa shape index (κ1) is 10.0. The minimum absolute atomic E-state index is 0.122. The molecule has 0 saturated carbocycles. The summed E-state index contributed by atoms with van der Waals surface area (Å²) in [7, 11) is 0. The molecule has 1 N–H and O–H groups in total. The minimum atomic E-state index is -0.293. The summed E-state index contributed by atoms with van der Waals surface area (Å²) in [6.07, 6.45) is 1.60. The Bertz CT molecular complexity index is 373. The fourth-order valence-corrected chi connectivity index (χ4v) is 0.980. The zero-order valence-corrected chi connectivity index (χ0v) is 7.66. The highest BCUT2D eigenvalue weighted by Crippen LogP contribution is 2.10. The summed E-state index contributed by atoms with van der Waals surface area (Å²) in [5, 5.41) is 10.9. The molecular weight excluding hydrogens is 176 g/mol. The van der Waals surface area contributed by atoms with Gasteiger partial charge in [0.15, 0.2) is 0 Å². The van der Waals surface area contributed by atoms with E-state index in [4.69, 9.17) is 5.26 Å². The third-order valence-corrected chi connectivity index (χ3v) is 1.67. The third kappa shape index (κ3) is 2.76. The van der Waals surface area contributed by atoms with Crippen molar-refractivity contribution in [2.75, 3.05) is 5.32 Å². The molecular formula is C11H10N2O. The second-order valence-electron chi connectivity index (χ2n) is 2.71. The lowest BCUT2D eigenvalue weighted by Crippen LogP contribution is -2.09. The SMILES string of the molecule is C=Cc1ccc(NC(=O)CC#N)cc1. The normalized spacial score (nSPS) is 8.79. The first-order valence-corrected chi connectivity index (χ1v) is 4.15. The summed E-state index contributed by atoms with van der Waals surface area (Å²) in [5.41, 5.74) is 1.68. The van der Waals surface area contributed by atoms with Gasteiger partial charge in [-0.1, -0.05) is 24.8 Å². The Hall–Kier alpha value is -2.08. The van der Waals surface area contributed by atoms with Crippen molar-refractivity contribution in [3.63, 3.8) is 0 Å². The highest BCUT2D eigenvalue weighted by Gasteiger charge is 1.99. The van der Waals surface area contributed by atoms with Gasteiger partial charge in [0.2, 0.25) is 5.91 Å². The first-order valence-electron chi connectivity index (χ1n) is 4.15. The molecule has 0 saturated heterocycles. The zero-order chi connectivity index (χ0) is 10.4. The van der Waals surface area contributed by atoms with Crippen LogP contribution in [0.2, 0.25) is 0 Å². The van der Waals surface area contributed by atoms with E-state index in [9.17, 15) is 4.79 Å². The van der Waals surface area contributed by atoms with E-state index in [0.717, 1.165) is 5.56 Å². The van der Waals surface area contributed by atoms with Gasteiger partial charge in [-0.3, -0.25) is 4.79 Å². The maximum absolute atomic E-state index is 11.0. The Labute approximate surface area is 82.7 Å². The van der Waals surface area contributed by atoms with Gasteiger partial charge in [0.1, 0.15) is 6.42 Å². The quantitative estimate of drug-likeness (QED) is 0.786. The lowest BCUT2D eigenvalue weighted by Gasteiger charge is -2.02. The van der Waals surface area contributed by atoms with E-state index in [-0.39, 0.29) is 12.3 Å². The van der Waals surface area contributed by atoms with Gasteiger partial charge < -0.3 is 5.32 Å². The van der Waals surface area contributed by atoms with Crippen molar-refractivity contribution in [2.24, 2.45) is 0 Å². The van der Waals surface area contributed by atoms with Gasteiger partial charge in [-0.2, -0.15) is 5.26 Å². The minimum Gasteiger partial charge on any atom is -0.325 e. The van der Waals surface area contributed by atoms with Crippen molar-refractivity contribution >= 4 is 17.7 Å². The molecule has 0 heterocycles. The van der Waals surface area contributed by atoms with Gasteiger partial charge in [0.25, 0.3) is 0 Å². The predicted molar refractivity (Wildman–Crippen MR) is 55.4 cm³/mol. The van der Waals surface area contributed by atoms with Crippen LogP contribution in [0.1, 0.15) is 12.0 Å². The number of hydrogen-bond donors (Lipinski definition) is 1. The number of benzene rings is 1. The van der Waals surface area contributed by atoms with Crippen LogP contribution in [0.4, 0.5) is 5.69 Å². The largest absolute Gasteiger partial charge is 0.325 e. The maximum Gasteiger partial charge on any atom is 0.238 e. The second kappa shape index (κ2) is 4.83. The summed E-state index contributed by atoms with van der Waals surface area (Å²) in [6, 6.07) is 9.01. The average molecular weight is 186 g/mol. The molecule has 0 atom stereocenters. The van der Waals surface area contributed by atoms with Gasteiger partial charge in [0.05, 0.1) is 6.07 Å². The fourth-order valence-electron chi connectivity index (χ4n) is 0.980. The van der Waals surface area contributed by atoms with Crippen LogP contribution in [0.15, 0.2) is 30.8 Å². The number of nitrogens with zero attached hydrogens (tertiary/aromatic N) is 1. The molecule has 0 bridgehead atoms. The van der Waals surface area contributed by atoms with Crippen LogP contribution in [-0.4, -0.2) is 5.91 Å². The van der Waals surface area contributed by atoms with Gasteiger partial charge in [-0.15, -0.1) is 0 Å². The van der Waals surface area contributed by atoms with E-state index in [1.165, 1.54) is 0 Å². The molecule has 14 heavy (non-hydrogen) atoms. The van der Waals surface area contributed by atoms with Crippen LogP contribution in [-0.2, 0) is 4.79 Å². The Morgan fingerprint density at radius 3 is 2.64 bits per heavy atom. The van der Waals surface area contributed by atoms with E-state index in [1.54, 1.807) is 24.3 Å². The van der Waals surface area contributed by atoms with Crippen LogP contribution < -0.4 is 5.32 Å². The van der Waals surface area contributed by atoms with Gasteiger partial charge in [-0.05, 0) is 17.7 Å². The third-order valence-electron chi connectivity index (χ3n) is 1.67. The zero-order valence-electron chi connectivity index (χ0n) is 7.66. The van der Waals surface area contributed by atoms with Crippen molar-refractivity contribution < 1.29 is 4.79 Å². The number of nitriles is 1. The topological polar surface area (TPSA) is 52.9 Å². The molecule has 0 aliphatic rings. The van der Waals surface area contributed by atoms with Crippen molar-refractivity contribution in [1.29, 1.82) is 5.26 Å². The number of rotatable bonds is 3. The summed E-state index contributed by atoms with van der Waals surface area (Å²) < 4.78 is 0. The summed E-state index contributed by atoms with van der Waals surface area (Å²) in [4.78, 5) is 11.0. The Morgan fingerprint density at radius 2 is 2.14 bits per heavy atom. The first-order chi connectivity index (χ1) is 6.76. The molecule has 0 unspecified atom stereocenters. The summed E-state index contributed by atoms with van der Waals surface area (Å²) in [5.74, 6) is -0.293. The molecule has 0 aliphatic carbocycles. The van der Waals surface area contributed by atoms with Crippen LogP contribution in [0.5, 0.6) is 0 Å². The molecule has 0 spiro atoms. The van der Waals surface area contributed by atoms with Gasteiger partial charge in [0, 0.05) is 5.69 Å². The predicted octanol–water partition coefficient (Wildman–Crippen LogP) is 2.18. The second-order valence-corrected chi connectivity index (χ2v) is 2.71. The van der Waals surface area contributed by atoms with E-state index >= 15 is 0 Å². The van der Waals surface area contributed by atoms with Crippen molar-refractivity contribution in [1.82, 2.24) is 0 Å². The number of nitrogens with one attached hydrogen (secondary N) is 1. The van der Waals surface area contributed by atoms with E-state index < -0.39 is 0 Å². The van der Waals surface area contributed by atoms with Gasteiger partial charge >= 0.3 is 0 Å². The van der Waals surface area contributed by atoms with Crippen LogP contribution in [0.25, 0.3) is 6.08 Å². The Kier molecular flexibility index (Phi) is 3.45. The molecule has 1 rings (SSSR count). The molecule has 0 radical (unpaired) electrons. The molecule has 0 fully saturated rings. The highest BCUT2D eigenvalue weighted by atomic mass is 16.1.